The lowest BCUT2D eigenvalue weighted by molar-refractivity contribution is -0.137. The lowest BCUT2D eigenvalue weighted by Gasteiger charge is -2.17. The second kappa shape index (κ2) is 5.69. The molecule has 112 valence electrons. The van der Waals surface area contributed by atoms with Crippen LogP contribution >= 0.6 is 0 Å². The Morgan fingerprint density at radius 2 is 2.00 bits per heavy atom. The smallest absolute Gasteiger partial charge is 0.240 e. The molecule has 0 amide bonds. The number of rotatable bonds is 5. The molecule has 2 rings (SSSR count). The van der Waals surface area contributed by atoms with Crippen molar-refractivity contribution in [1.29, 1.82) is 0 Å². The van der Waals surface area contributed by atoms with E-state index in [1.807, 2.05) is 0 Å². The Morgan fingerprint density at radius 3 is 2.50 bits per heavy atom. The SMILES string of the molecule is COc1ccc(S(=O)(=O)NCC2COC(C)(C)O2)cc1. The second-order valence-corrected chi connectivity index (χ2v) is 6.75. The minimum atomic E-state index is -3.55. The summed E-state index contributed by atoms with van der Waals surface area (Å²) in [7, 11) is -2.02. The number of nitrogens with one attached hydrogen (secondary N) is 1. The minimum absolute atomic E-state index is 0.178. The van der Waals surface area contributed by atoms with Gasteiger partial charge in [-0.1, -0.05) is 0 Å². The third-order valence-electron chi connectivity index (χ3n) is 2.94. The molecule has 0 saturated carbocycles. The maximum atomic E-state index is 12.1. The van der Waals surface area contributed by atoms with Crippen molar-refractivity contribution >= 4 is 10.0 Å². The van der Waals surface area contributed by atoms with Gasteiger partial charge in [-0.2, -0.15) is 0 Å². The number of ether oxygens (including phenoxy) is 3. The summed E-state index contributed by atoms with van der Waals surface area (Å²) in [6.07, 6.45) is -0.280. The zero-order valence-corrected chi connectivity index (χ0v) is 12.6. The third kappa shape index (κ3) is 3.69. The van der Waals surface area contributed by atoms with Crippen LogP contribution in [-0.4, -0.2) is 40.6 Å². The lowest BCUT2D eigenvalue weighted by Crippen LogP contribution is -2.34. The standard InChI is InChI=1S/C13H19NO5S/c1-13(2)18-9-11(19-13)8-14-20(15,16)12-6-4-10(17-3)5-7-12/h4-7,11,14H,8-9H2,1-3H3. The Kier molecular flexibility index (Phi) is 4.33. The second-order valence-electron chi connectivity index (χ2n) is 4.98. The van der Waals surface area contributed by atoms with E-state index < -0.39 is 15.8 Å². The molecular formula is C13H19NO5S. The highest BCUT2D eigenvalue weighted by Crippen LogP contribution is 2.22. The summed E-state index contributed by atoms with van der Waals surface area (Å²) in [6.45, 7) is 4.14. The van der Waals surface area contributed by atoms with E-state index >= 15 is 0 Å². The fourth-order valence-electron chi connectivity index (χ4n) is 1.90. The van der Waals surface area contributed by atoms with Crippen molar-refractivity contribution in [3.05, 3.63) is 24.3 Å². The van der Waals surface area contributed by atoms with Gasteiger partial charge < -0.3 is 14.2 Å². The van der Waals surface area contributed by atoms with E-state index in [9.17, 15) is 8.42 Å². The van der Waals surface area contributed by atoms with Gasteiger partial charge in [0.25, 0.3) is 0 Å². The zero-order chi connectivity index (χ0) is 14.8. The van der Waals surface area contributed by atoms with Crippen LogP contribution in [0.2, 0.25) is 0 Å². The Morgan fingerprint density at radius 1 is 1.35 bits per heavy atom. The van der Waals surface area contributed by atoms with Crippen molar-refractivity contribution in [2.75, 3.05) is 20.3 Å². The normalized spacial score (nSPS) is 21.9. The quantitative estimate of drug-likeness (QED) is 0.882. The van der Waals surface area contributed by atoms with Crippen molar-refractivity contribution < 1.29 is 22.6 Å². The van der Waals surface area contributed by atoms with Crippen LogP contribution in [0, 0.1) is 0 Å². The summed E-state index contributed by atoms with van der Waals surface area (Å²) in [4.78, 5) is 0.191. The van der Waals surface area contributed by atoms with Crippen LogP contribution in [0.5, 0.6) is 5.75 Å². The third-order valence-corrected chi connectivity index (χ3v) is 4.38. The number of sulfonamides is 1. The maximum absolute atomic E-state index is 12.1. The molecule has 1 N–H and O–H groups in total. The molecule has 1 aromatic rings. The first kappa shape index (κ1) is 15.2. The van der Waals surface area contributed by atoms with E-state index in [1.54, 1.807) is 26.0 Å². The van der Waals surface area contributed by atoms with Crippen molar-refractivity contribution in [2.45, 2.75) is 30.6 Å². The van der Waals surface area contributed by atoms with Crippen LogP contribution in [-0.2, 0) is 19.5 Å². The molecule has 6 nitrogen and oxygen atoms in total. The topological polar surface area (TPSA) is 73.9 Å². The molecule has 0 spiro atoms. The molecule has 0 bridgehead atoms. The van der Waals surface area contributed by atoms with E-state index in [0.29, 0.717) is 12.4 Å². The van der Waals surface area contributed by atoms with Crippen molar-refractivity contribution in [1.82, 2.24) is 4.72 Å². The van der Waals surface area contributed by atoms with Crippen LogP contribution in [0.1, 0.15) is 13.8 Å². The van der Waals surface area contributed by atoms with Gasteiger partial charge in [-0.15, -0.1) is 0 Å². The number of hydrogen-bond donors (Lipinski definition) is 1. The Balaban J connectivity index is 1.97. The highest BCUT2D eigenvalue weighted by Gasteiger charge is 2.33. The summed E-state index contributed by atoms with van der Waals surface area (Å²) >= 11 is 0. The van der Waals surface area contributed by atoms with E-state index in [4.69, 9.17) is 14.2 Å². The van der Waals surface area contributed by atoms with Gasteiger partial charge in [-0.25, -0.2) is 13.1 Å². The van der Waals surface area contributed by atoms with Gasteiger partial charge in [0.15, 0.2) is 5.79 Å². The lowest BCUT2D eigenvalue weighted by atomic mass is 10.3. The Bertz CT molecular complexity index is 553. The average Bonchev–Trinajstić information content (AvgIpc) is 2.76. The number of benzene rings is 1. The Labute approximate surface area is 119 Å². The van der Waals surface area contributed by atoms with Gasteiger partial charge in [0, 0.05) is 6.54 Å². The van der Waals surface area contributed by atoms with Gasteiger partial charge in [-0.3, -0.25) is 0 Å². The first-order chi connectivity index (χ1) is 9.32. The summed E-state index contributed by atoms with van der Waals surface area (Å²) in [5.41, 5.74) is 0. The average molecular weight is 301 g/mol. The molecule has 1 fully saturated rings. The Hall–Kier alpha value is -1.15. The van der Waals surface area contributed by atoms with Gasteiger partial charge in [-0.05, 0) is 38.1 Å². The summed E-state index contributed by atoms with van der Waals surface area (Å²) in [6, 6.07) is 6.20. The first-order valence-electron chi connectivity index (χ1n) is 6.28. The van der Waals surface area contributed by atoms with Gasteiger partial charge in [0.05, 0.1) is 24.7 Å². The molecule has 1 saturated heterocycles. The van der Waals surface area contributed by atoms with Crippen LogP contribution < -0.4 is 9.46 Å². The number of hydrogen-bond acceptors (Lipinski definition) is 5. The van der Waals surface area contributed by atoms with Crippen LogP contribution in [0.25, 0.3) is 0 Å². The van der Waals surface area contributed by atoms with E-state index in [1.165, 1.54) is 19.2 Å². The van der Waals surface area contributed by atoms with Crippen LogP contribution in [0.3, 0.4) is 0 Å². The highest BCUT2D eigenvalue weighted by atomic mass is 32.2. The number of methoxy groups -OCH3 is 1. The molecule has 7 heteroatoms. The summed E-state index contributed by atoms with van der Waals surface area (Å²) < 4.78 is 42.6. The van der Waals surface area contributed by atoms with Crippen LogP contribution in [0.4, 0.5) is 0 Å². The van der Waals surface area contributed by atoms with Crippen molar-refractivity contribution in [3.8, 4) is 5.75 Å². The molecule has 1 aromatic carbocycles. The molecule has 0 radical (unpaired) electrons. The minimum Gasteiger partial charge on any atom is -0.497 e. The maximum Gasteiger partial charge on any atom is 0.240 e. The largest absolute Gasteiger partial charge is 0.497 e. The first-order valence-corrected chi connectivity index (χ1v) is 7.76. The van der Waals surface area contributed by atoms with Crippen molar-refractivity contribution in [3.63, 3.8) is 0 Å². The molecule has 0 aliphatic carbocycles. The molecule has 1 atom stereocenters. The van der Waals surface area contributed by atoms with E-state index in [-0.39, 0.29) is 17.5 Å². The zero-order valence-electron chi connectivity index (χ0n) is 11.8. The van der Waals surface area contributed by atoms with Crippen molar-refractivity contribution in [2.24, 2.45) is 0 Å². The van der Waals surface area contributed by atoms with E-state index in [2.05, 4.69) is 4.72 Å². The highest BCUT2D eigenvalue weighted by molar-refractivity contribution is 7.89. The molecule has 1 aliphatic heterocycles. The molecule has 1 heterocycles. The fourth-order valence-corrected chi connectivity index (χ4v) is 2.97. The molecule has 1 aliphatic rings. The molecule has 0 aromatic heterocycles. The van der Waals surface area contributed by atoms with Gasteiger partial charge in [0.1, 0.15) is 5.75 Å². The predicted molar refractivity (Wildman–Crippen MR) is 73.1 cm³/mol. The summed E-state index contributed by atoms with van der Waals surface area (Å²) in [5, 5.41) is 0. The van der Waals surface area contributed by atoms with E-state index in [0.717, 1.165) is 0 Å². The molecular weight excluding hydrogens is 282 g/mol. The molecule has 1 unspecified atom stereocenters. The van der Waals surface area contributed by atoms with Gasteiger partial charge in [0.2, 0.25) is 10.0 Å². The monoisotopic (exact) mass is 301 g/mol. The predicted octanol–water partition coefficient (Wildman–Crippen LogP) is 1.12. The van der Waals surface area contributed by atoms with Gasteiger partial charge >= 0.3 is 0 Å². The van der Waals surface area contributed by atoms with Crippen LogP contribution in [0.15, 0.2) is 29.2 Å². The molecule has 20 heavy (non-hydrogen) atoms. The fraction of sp³-hybridized carbons (Fsp3) is 0.538. The summed E-state index contributed by atoms with van der Waals surface area (Å²) in [5.74, 6) is -0.0471.